The lowest BCUT2D eigenvalue weighted by Gasteiger charge is -2.43. The Hall–Kier alpha value is -2.72. The second-order valence-corrected chi connectivity index (χ2v) is 15.2. The summed E-state index contributed by atoms with van der Waals surface area (Å²) < 4.78 is 31.4. The minimum atomic E-state index is -2.91. The van der Waals surface area contributed by atoms with Gasteiger partial charge in [0.15, 0.2) is 0 Å². The Morgan fingerprint density at radius 1 is 1.08 bits per heavy atom. The Morgan fingerprint density at radius 3 is 2.16 bits per heavy atom. The number of nitrogens with one attached hydrogen (secondary N) is 1. The van der Waals surface area contributed by atoms with Crippen LogP contribution in [0.4, 0.5) is 0 Å². The third-order valence-electron chi connectivity index (χ3n) is 6.74. The minimum Gasteiger partial charge on any atom is -0.405 e. The number of aromatic nitrogens is 2. The molecule has 3 aromatic rings. The highest BCUT2D eigenvalue weighted by Gasteiger charge is 2.52. The molecule has 1 aliphatic heterocycles. The van der Waals surface area contributed by atoms with Crippen LogP contribution in [0.2, 0.25) is 5.04 Å². The van der Waals surface area contributed by atoms with E-state index in [2.05, 4.69) is 50.0 Å². The maximum Gasteiger partial charge on any atom is 0.695 e. The largest absolute Gasteiger partial charge is 0.695 e. The predicted molar refractivity (Wildman–Crippen MR) is 143 cm³/mol. The molecule has 11 heteroatoms. The van der Waals surface area contributed by atoms with Crippen molar-refractivity contribution in [1.29, 1.82) is 0 Å². The van der Waals surface area contributed by atoms with Crippen LogP contribution in [0.3, 0.4) is 0 Å². The van der Waals surface area contributed by atoms with E-state index >= 15 is 0 Å². The van der Waals surface area contributed by atoms with Crippen LogP contribution in [0.25, 0.3) is 0 Å². The number of aryl methyl sites for hydroxylation is 1. The van der Waals surface area contributed by atoms with Crippen molar-refractivity contribution < 1.29 is 23.1 Å². The van der Waals surface area contributed by atoms with E-state index in [1.165, 1.54) is 10.8 Å². The molecule has 0 spiro atoms. The summed E-state index contributed by atoms with van der Waals surface area (Å²) in [6.45, 7) is 8.12. The lowest BCUT2D eigenvalue weighted by atomic mass is 10.2. The van der Waals surface area contributed by atoms with E-state index in [1.807, 2.05) is 36.4 Å². The van der Waals surface area contributed by atoms with Crippen molar-refractivity contribution in [3.05, 3.63) is 93.3 Å². The van der Waals surface area contributed by atoms with Gasteiger partial charge >= 0.3 is 13.9 Å². The molecule has 4 rings (SSSR count). The van der Waals surface area contributed by atoms with Crippen molar-refractivity contribution in [1.82, 2.24) is 9.55 Å². The summed E-state index contributed by atoms with van der Waals surface area (Å²) in [7, 11) is -5.82. The van der Waals surface area contributed by atoms with Crippen molar-refractivity contribution in [3.8, 4) is 0 Å². The van der Waals surface area contributed by atoms with E-state index < -0.39 is 46.3 Å². The Bertz CT molecular complexity index is 1320. The maximum absolute atomic E-state index is 12.5. The van der Waals surface area contributed by atoms with Crippen molar-refractivity contribution in [2.75, 3.05) is 6.61 Å². The normalized spacial score (nSPS) is 20.7. The van der Waals surface area contributed by atoms with Gasteiger partial charge in [-0.3, -0.25) is 14.3 Å². The third-order valence-corrected chi connectivity index (χ3v) is 12.2. The Balaban J connectivity index is 1.71. The molecule has 9 nitrogen and oxygen atoms in total. The van der Waals surface area contributed by atoms with Gasteiger partial charge in [-0.25, -0.2) is 4.79 Å². The van der Waals surface area contributed by atoms with Crippen LogP contribution in [-0.4, -0.2) is 41.6 Å². The van der Waals surface area contributed by atoms with Crippen molar-refractivity contribution >= 4 is 26.9 Å². The first kappa shape index (κ1) is 27.3. The van der Waals surface area contributed by atoms with E-state index in [0.717, 1.165) is 10.4 Å². The molecule has 2 heterocycles. The first-order valence-electron chi connectivity index (χ1n) is 12.1. The van der Waals surface area contributed by atoms with Crippen LogP contribution in [0, 0.1) is 6.92 Å². The topological polar surface area (TPSA) is 120 Å². The molecule has 1 fully saturated rings. The number of ether oxygens (including phenoxy) is 1. The van der Waals surface area contributed by atoms with Crippen LogP contribution >= 0.6 is 8.25 Å². The van der Waals surface area contributed by atoms with E-state index in [0.29, 0.717) is 5.56 Å². The number of hydrogen-bond donors (Lipinski definition) is 2. The average molecular weight is 544 g/mol. The van der Waals surface area contributed by atoms with Crippen LogP contribution in [0.5, 0.6) is 0 Å². The number of H-pyrrole nitrogens is 1. The fourth-order valence-corrected chi connectivity index (χ4v) is 10.0. The summed E-state index contributed by atoms with van der Waals surface area (Å²) in [5.41, 5.74) is -0.751. The van der Waals surface area contributed by atoms with E-state index in [9.17, 15) is 19.0 Å². The van der Waals surface area contributed by atoms with Crippen molar-refractivity contribution in [2.45, 2.75) is 57.6 Å². The Kier molecular flexibility index (Phi) is 8.08. The molecule has 1 saturated heterocycles. The zero-order chi connectivity index (χ0) is 26.8. The highest BCUT2D eigenvalue weighted by atomic mass is 31.1. The molecule has 4 atom stereocenters. The molecule has 0 amide bonds. The van der Waals surface area contributed by atoms with Crippen LogP contribution in [0.1, 0.15) is 39.0 Å². The van der Waals surface area contributed by atoms with Gasteiger partial charge in [0.25, 0.3) is 13.9 Å². The number of benzene rings is 2. The van der Waals surface area contributed by atoms with Gasteiger partial charge in [-0.2, -0.15) is 0 Å². The zero-order valence-corrected chi connectivity index (χ0v) is 23.2. The van der Waals surface area contributed by atoms with Crippen LogP contribution in [-0.2, 0) is 18.3 Å². The van der Waals surface area contributed by atoms with Gasteiger partial charge in [0, 0.05) is 22.7 Å². The summed E-state index contributed by atoms with van der Waals surface area (Å²) in [6.07, 6.45) is -0.752. The summed E-state index contributed by atoms with van der Waals surface area (Å²) in [4.78, 5) is 36.1. The Labute approximate surface area is 217 Å². The van der Waals surface area contributed by atoms with E-state index in [4.69, 9.17) is 13.7 Å². The smallest absolute Gasteiger partial charge is 0.405 e. The molecule has 2 N–H and O–H groups in total. The first-order valence-corrected chi connectivity index (χ1v) is 15.1. The average Bonchev–Trinajstić information content (AvgIpc) is 3.24. The molecule has 1 aliphatic rings. The molecule has 37 heavy (non-hydrogen) atoms. The lowest BCUT2D eigenvalue weighted by molar-refractivity contribution is -0.0391. The molecule has 196 valence electrons. The highest BCUT2D eigenvalue weighted by Crippen LogP contribution is 2.39. The highest BCUT2D eigenvalue weighted by molar-refractivity contribution is 7.32. The fourth-order valence-electron chi connectivity index (χ4n) is 5.02. The third kappa shape index (κ3) is 5.60. The summed E-state index contributed by atoms with van der Waals surface area (Å²) in [5, 5.41) is 1.89. The first-order chi connectivity index (χ1) is 17.5. The molecule has 2 aromatic carbocycles. The van der Waals surface area contributed by atoms with E-state index in [1.54, 1.807) is 6.92 Å². The van der Waals surface area contributed by atoms with Crippen LogP contribution < -0.4 is 21.6 Å². The second kappa shape index (κ2) is 10.9. The molecule has 1 unspecified atom stereocenters. The number of aromatic amines is 1. The maximum atomic E-state index is 12.5. The molecule has 0 radical (unpaired) electrons. The molecule has 1 aromatic heterocycles. The van der Waals surface area contributed by atoms with Gasteiger partial charge in [0.2, 0.25) is 0 Å². The van der Waals surface area contributed by atoms with Crippen molar-refractivity contribution in [2.24, 2.45) is 0 Å². The van der Waals surface area contributed by atoms with Gasteiger partial charge in [0.05, 0.1) is 6.61 Å². The quantitative estimate of drug-likeness (QED) is 0.331. The summed E-state index contributed by atoms with van der Waals surface area (Å²) in [6, 6.07) is 20.2. The number of nitrogens with zero attached hydrogens (tertiary/aromatic N) is 1. The summed E-state index contributed by atoms with van der Waals surface area (Å²) >= 11 is 0. The van der Waals surface area contributed by atoms with Gasteiger partial charge in [-0.05, 0) is 22.3 Å². The van der Waals surface area contributed by atoms with Crippen molar-refractivity contribution in [3.63, 3.8) is 0 Å². The zero-order valence-electron chi connectivity index (χ0n) is 21.3. The predicted octanol–water partition coefficient (Wildman–Crippen LogP) is 2.74. The Morgan fingerprint density at radius 2 is 1.65 bits per heavy atom. The SMILES string of the molecule is Cc1cn([C@H]2C[C@H](O[P+](=O)O)[C@@H](CO[Si](c3ccccc3)(c3ccccc3)C(C)(C)C)O2)c(=O)[nH]c1=O. The van der Waals surface area contributed by atoms with E-state index in [-0.39, 0.29) is 18.1 Å². The summed E-state index contributed by atoms with van der Waals surface area (Å²) in [5.74, 6) is 0. The minimum absolute atomic E-state index is 0.0781. The molecule has 0 bridgehead atoms. The molecular formula is C26H32N2O7PSi+. The van der Waals surface area contributed by atoms with Gasteiger partial charge in [-0.15, -0.1) is 9.42 Å². The number of rotatable bonds is 8. The van der Waals surface area contributed by atoms with Gasteiger partial charge in [0.1, 0.15) is 18.4 Å². The molecule has 0 saturated carbocycles. The van der Waals surface area contributed by atoms with Crippen LogP contribution in [0.15, 0.2) is 76.4 Å². The fraction of sp³-hybridized carbons (Fsp3) is 0.385. The standard InChI is InChI=1S/C26H31N2O7PSi/c1-18-16-28(25(30)27-24(18)29)23-15-21(35-36(31)32)22(34-23)17-33-37(26(2,3)4,19-11-7-5-8-12-19)20-13-9-6-10-14-20/h5-14,16,21-23H,15,17H2,1-4H3,(H-,27,29,30,31,32)/p+1/t21-,22+,23+/m0/s1. The number of hydrogen-bond acceptors (Lipinski definition) is 6. The lowest BCUT2D eigenvalue weighted by Crippen LogP contribution is -2.67. The van der Waals surface area contributed by atoms with Gasteiger partial charge < -0.3 is 9.16 Å². The molecule has 0 aliphatic carbocycles. The second-order valence-electron chi connectivity index (χ2n) is 10.2. The van der Waals surface area contributed by atoms with Gasteiger partial charge in [-0.1, -0.05) is 81.4 Å². The molecular weight excluding hydrogens is 511 g/mol. The monoisotopic (exact) mass is 543 g/mol.